The van der Waals surface area contributed by atoms with Crippen molar-refractivity contribution in [1.82, 2.24) is 5.32 Å². The summed E-state index contributed by atoms with van der Waals surface area (Å²) >= 11 is 0. The first kappa shape index (κ1) is 12.7. The zero-order valence-electron chi connectivity index (χ0n) is 9.97. The summed E-state index contributed by atoms with van der Waals surface area (Å²) in [5, 5.41) is 12.6. The summed E-state index contributed by atoms with van der Waals surface area (Å²) in [6.07, 6.45) is 7.66. The first-order chi connectivity index (χ1) is 7.24. The summed E-state index contributed by atoms with van der Waals surface area (Å²) in [5.41, 5.74) is 1.17. The summed E-state index contributed by atoms with van der Waals surface area (Å²) in [5.74, 6) is 0.769. The summed E-state index contributed by atoms with van der Waals surface area (Å²) in [6, 6.07) is 0.493. The van der Waals surface area contributed by atoms with Gasteiger partial charge in [0.15, 0.2) is 0 Å². The lowest BCUT2D eigenvalue weighted by molar-refractivity contribution is 0.209. The van der Waals surface area contributed by atoms with E-state index in [1.165, 1.54) is 37.7 Å². The quantitative estimate of drug-likeness (QED) is 0.662. The van der Waals surface area contributed by atoms with Crippen molar-refractivity contribution in [3.05, 3.63) is 12.2 Å². The van der Waals surface area contributed by atoms with Crippen molar-refractivity contribution < 1.29 is 5.11 Å². The van der Waals surface area contributed by atoms with Crippen molar-refractivity contribution >= 4 is 0 Å². The van der Waals surface area contributed by atoms with Crippen LogP contribution in [-0.2, 0) is 0 Å². The van der Waals surface area contributed by atoms with Crippen LogP contribution in [0, 0.1) is 5.92 Å². The van der Waals surface area contributed by atoms with Gasteiger partial charge in [0.1, 0.15) is 0 Å². The molecule has 1 atom stereocenters. The maximum atomic E-state index is 9.07. The zero-order chi connectivity index (χ0) is 11.1. The molecule has 0 aromatic carbocycles. The van der Waals surface area contributed by atoms with Crippen molar-refractivity contribution in [2.24, 2.45) is 5.92 Å². The highest BCUT2D eigenvalue weighted by molar-refractivity contribution is 4.93. The Morgan fingerprint density at radius 1 is 1.40 bits per heavy atom. The van der Waals surface area contributed by atoms with Crippen LogP contribution in [0.25, 0.3) is 0 Å². The first-order valence-electron chi connectivity index (χ1n) is 6.22. The Kier molecular flexibility index (Phi) is 5.96. The number of hydrogen-bond acceptors (Lipinski definition) is 2. The Bertz CT molecular complexity index is 185. The van der Waals surface area contributed by atoms with E-state index >= 15 is 0 Å². The van der Waals surface area contributed by atoms with Gasteiger partial charge in [-0.05, 0) is 32.1 Å². The van der Waals surface area contributed by atoms with E-state index in [1.54, 1.807) is 0 Å². The molecule has 0 saturated heterocycles. The van der Waals surface area contributed by atoms with Crippen LogP contribution >= 0.6 is 0 Å². The molecule has 0 heterocycles. The highest BCUT2D eigenvalue weighted by Crippen LogP contribution is 2.27. The Labute approximate surface area is 93.8 Å². The summed E-state index contributed by atoms with van der Waals surface area (Å²) in [6.45, 7) is 7.14. The van der Waals surface area contributed by atoms with Crippen molar-refractivity contribution in [2.75, 3.05) is 13.2 Å². The predicted molar refractivity (Wildman–Crippen MR) is 64.9 cm³/mol. The molecule has 2 heteroatoms. The van der Waals surface area contributed by atoms with Gasteiger partial charge in [0, 0.05) is 19.2 Å². The van der Waals surface area contributed by atoms with E-state index in [0.717, 1.165) is 18.9 Å². The highest BCUT2D eigenvalue weighted by Gasteiger charge is 2.22. The van der Waals surface area contributed by atoms with E-state index in [1.807, 2.05) is 6.92 Å². The third-order valence-corrected chi connectivity index (χ3v) is 3.32. The third-order valence-electron chi connectivity index (χ3n) is 3.32. The van der Waals surface area contributed by atoms with Gasteiger partial charge in [0.2, 0.25) is 0 Å². The molecule has 1 fully saturated rings. The molecule has 0 spiro atoms. The molecule has 2 N–H and O–H groups in total. The molecule has 0 aromatic rings. The van der Waals surface area contributed by atoms with Crippen LogP contribution in [0.4, 0.5) is 0 Å². The van der Waals surface area contributed by atoms with Crippen LogP contribution < -0.4 is 5.32 Å². The molecule has 0 aromatic heterocycles. The maximum absolute atomic E-state index is 9.07. The number of aliphatic hydroxyl groups excluding tert-OH is 1. The molecule has 0 radical (unpaired) electrons. The van der Waals surface area contributed by atoms with Gasteiger partial charge >= 0.3 is 0 Å². The van der Waals surface area contributed by atoms with Gasteiger partial charge in [-0.25, -0.2) is 0 Å². The van der Waals surface area contributed by atoms with E-state index in [0.29, 0.717) is 12.6 Å². The number of nitrogens with one attached hydrogen (secondary N) is 1. The topological polar surface area (TPSA) is 32.3 Å². The highest BCUT2D eigenvalue weighted by atomic mass is 16.3. The lowest BCUT2D eigenvalue weighted by atomic mass is 9.82. The van der Waals surface area contributed by atoms with E-state index in [-0.39, 0.29) is 0 Å². The number of rotatable bonds is 6. The van der Waals surface area contributed by atoms with Crippen LogP contribution in [0.2, 0.25) is 0 Å². The second kappa shape index (κ2) is 7.02. The molecule has 15 heavy (non-hydrogen) atoms. The Morgan fingerprint density at radius 2 is 2.07 bits per heavy atom. The fraction of sp³-hybridized carbons (Fsp3) is 0.846. The van der Waals surface area contributed by atoms with Crippen molar-refractivity contribution in [3.8, 4) is 0 Å². The average Bonchev–Trinajstić information content (AvgIpc) is 2.25. The van der Waals surface area contributed by atoms with Crippen LogP contribution in [0.1, 0.15) is 45.4 Å². The average molecular weight is 211 g/mol. The summed E-state index contributed by atoms with van der Waals surface area (Å²) in [7, 11) is 0. The van der Waals surface area contributed by atoms with Gasteiger partial charge < -0.3 is 10.4 Å². The second-order valence-corrected chi connectivity index (χ2v) is 4.85. The van der Waals surface area contributed by atoms with E-state index in [9.17, 15) is 0 Å². The van der Waals surface area contributed by atoms with Crippen molar-refractivity contribution in [1.29, 1.82) is 0 Å². The molecule has 1 aliphatic rings. The zero-order valence-corrected chi connectivity index (χ0v) is 9.97. The molecular weight excluding hydrogens is 186 g/mol. The lowest BCUT2D eigenvalue weighted by Crippen LogP contribution is -2.38. The fourth-order valence-electron chi connectivity index (χ4n) is 2.49. The maximum Gasteiger partial charge on any atom is 0.0445 e. The standard InChI is InChI=1S/C13H25NO/c1-11(2)10-14-13(8-9-15)12-6-4-3-5-7-12/h12-15H,1,3-10H2,2H3/t13-/m1/s1. The van der Waals surface area contributed by atoms with Gasteiger partial charge in [-0.15, -0.1) is 0 Å². The van der Waals surface area contributed by atoms with Crippen molar-refractivity contribution in [2.45, 2.75) is 51.5 Å². The smallest absolute Gasteiger partial charge is 0.0445 e. The molecule has 1 aliphatic carbocycles. The predicted octanol–water partition coefficient (Wildman–Crippen LogP) is 2.48. The lowest BCUT2D eigenvalue weighted by Gasteiger charge is -2.30. The summed E-state index contributed by atoms with van der Waals surface area (Å²) < 4.78 is 0. The minimum Gasteiger partial charge on any atom is -0.396 e. The molecule has 0 bridgehead atoms. The van der Waals surface area contributed by atoms with Crippen LogP contribution in [0.3, 0.4) is 0 Å². The van der Waals surface area contributed by atoms with Gasteiger partial charge in [-0.3, -0.25) is 0 Å². The summed E-state index contributed by atoms with van der Waals surface area (Å²) in [4.78, 5) is 0. The van der Waals surface area contributed by atoms with Crippen LogP contribution in [0.5, 0.6) is 0 Å². The Morgan fingerprint density at radius 3 is 2.60 bits per heavy atom. The first-order valence-corrected chi connectivity index (χ1v) is 6.22. The Balaban J connectivity index is 2.36. The monoisotopic (exact) mass is 211 g/mol. The molecule has 2 nitrogen and oxygen atoms in total. The van der Waals surface area contributed by atoms with E-state index in [2.05, 4.69) is 11.9 Å². The molecule has 88 valence electrons. The van der Waals surface area contributed by atoms with Crippen LogP contribution in [-0.4, -0.2) is 24.3 Å². The largest absolute Gasteiger partial charge is 0.396 e. The molecule has 0 amide bonds. The minimum atomic E-state index is 0.296. The molecule has 1 saturated carbocycles. The Hall–Kier alpha value is -0.340. The fourth-order valence-corrected chi connectivity index (χ4v) is 2.49. The van der Waals surface area contributed by atoms with Crippen LogP contribution in [0.15, 0.2) is 12.2 Å². The van der Waals surface area contributed by atoms with Gasteiger partial charge in [0.25, 0.3) is 0 Å². The van der Waals surface area contributed by atoms with E-state index < -0.39 is 0 Å². The normalized spacial score (nSPS) is 20.1. The molecule has 0 aliphatic heterocycles. The molecule has 1 rings (SSSR count). The van der Waals surface area contributed by atoms with E-state index in [4.69, 9.17) is 5.11 Å². The van der Waals surface area contributed by atoms with Gasteiger partial charge in [-0.1, -0.05) is 31.4 Å². The second-order valence-electron chi connectivity index (χ2n) is 4.85. The van der Waals surface area contributed by atoms with Gasteiger partial charge in [0.05, 0.1) is 0 Å². The van der Waals surface area contributed by atoms with Crippen molar-refractivity contribution in [3.63, 3.8) is 0 Å². The number of hydrogen-bond donors (Lipinski definition) is 2. The SMILES string of the molecule is C=C(C)CN[C@H](CCO)C1CCCCC1. The minimum absolute atomic E-state index is 0.296. The van der Waals surface area contributed by atoms with Gasteiger partial charge in [-0.2, -0.15) is 0 Å². The third kappa shape index (κ3) is 4.80. The number of aliphatic hydroxyl groups is 1. The molecule has 0 unspecified atom stereocenters. The molecular formula is C13H25NO.